The van der Waals surface area contributed by atoms with Gasteiger partial charge in [-0.1, -0.05) is 71.4 Å². The lowest BCUT2D eigenvalue weighted by Gasteiger charge is -2.40. The van der Waals surface area contributed by atoms with Crippen LogP contribution in [0.25, 0.3) is 0 Å². The maximum Gasteiger partial charge on any atom is 0.322 e. The van der Waals surface area contributed by atoms with Gasteiger partial charge in [-0.25, -0.2) is 14.8 Å². The third-order valence-corrected chi connectivity index (χ3v) is 7.23. The highest BCUT2D eigenvalue weighted by atomic mass is 35.5. The monoisotopic (exact) mass is 558 g/mol. The van der Waals surface area contributed by atoms with Gasteiger partial charge in [0.25, 0.3) is 0 Å². The van der Waals surface area contributed by atoms with Crippen LogP contribution in [0.3, 0.4) is 0 Å². The fourth-order valence-electron chi connectivity index (χ4n) is 4.08. The summed E-state index contributed by atoms with van der Waals surface area (Å²) in [5.74, 6) is 0.729. The van der Waals surface area contributed by atoms with E-state index in [1.54, 1.807) is 35.2 Å². The fraction of sp³-hybridized carbons (Fsp3) is 0.308. The van der Waals surface area contributed by atoms with Crippen molar-refractivity contribution < 1.29 is 9.59 Å². The smallest absolute Gasteiger partial charge is 0.322 e. The van der Waals surface area contributed by atoms with Gasteiger partial charge in [0.05, 0.1) is 11.8 Å². The highest BCUT2D eigenvalue weighted by Gasteiger charge is 2.28. The summed E-state index contributed by atoms with van der Waals surface area (Å²) in [4.78, 5) is 38.1. The summed E-state index contributed by atoms with van der Waals surface area (Å²) in [6, 6.07) is 18.2. The van der Waals surface area contributed by atoms with Gasteiger partial charge in [0.15, 0.2) is 5.16 Å². The second-order valence-electron chi connectivity index (χ2n) is 8.75. The summed E-state index contributed by atoms with van der Waals surface area (Å²) in [5, 5.41) is 7.19. The van der Waals surface area contributed by atoms with Crippen LogP contribution in [0, 0.1) is 0 Å². The van der Waals surface area contributed by atoms with E-state index in [-0.39, 0.29) is 29.8 Å². The minimum absolute atomic E-state index is 0.0666. The molecule has 4 rings (SSSR count). The highest BCUT2D eigenvalue weighted by Crippen LogP contribution is 2.25. The molecule has 2 atom stereocenters. The number of piperazine rings is 1. The van der Waals surface area contributed by atoms with Gasteiger partial charge in [-0.05, 0) is 37.6 Å². The standard InChI is InChI=1S/C26H28Cl2N6O2S/c1-17-15-33(11-12-34(17)26(36)30-21-10-6-9-20(27)13-21)23-14-22(28)31-25(32-23)37-16-24(35)29-18(2)19-7-4-3-5-8-19/h3-10,13-14,17-18H,11-12,15-16H2,1-2H3,(H,29,35)(H,30,36)/t17-,18-/m0/s1. The number of carbonyl (C=O) groups is 2. The molecule has 0 unspecified atom stereocenters. The number of benzene rings is 2. The van der Waals surface area contributed by atoms with Crippen molar-refractivity contribution in [2.75, 3.05) is 35.6 Å². The number of hydrogen-bond acceptors (Lipinski definition) is 6. The number of amides is 3. The molecule has 1 saturated heterocycles. The summed E-state index contributed by atoms with van der Waals surface area (Å²) >= 11 is 13.6. The zero-order valence-electron chi connectivity index (χ0n) is 20.5. The molecule has 0 bridgehead atoms. The highest BCUT2D eigenvalue weighted by molar-refractivity contribution is 7.99. The van der Waals surface area contributed by atoms with E-state index in [0.717, 1.165) is 5.56 Å². The van der Waals surface area contributed by atoms with Gasteiger partial charge >= 0.3 is 6.03 Å². The van der Waals surface area contributed by atoms with Gasteiger partial charge in [-0.2, -0.15) is 0 Å². The first-order valence-electron chi connectivity index (χ1n) is 11.9. The molecule has 3 amide bonds. The molecule has 8 nitrogen and oxygen atoms in total. The van der Waals surface area contributed by atoms with Crippen LogP contribution in [0.5, 0.6) is 0 Å². The SMILES string of the molecule is C[C@H](NC(=O)CSc1nc(Cl)cc(N2CCN(C(=O)Nc3cccc(Cl)c3)[C@@H](C)C2)n1)c1ccccc1. The number of hydrogen-bond donors (Lipinski definition) is 2. The van der Waals surface area contributed by atoms with Crippen molar-refractivity contribution in [3.05, 3.63) is 76.4 Å². The lowest BCUT2D eigenvalue weighted by molar-refractivity contribution is -0.119. The minimum atomic E-state index is -0.179. The fourth-order valence-corrected chi connectivity index (χ4v) is 5.16. The maximum atomic E-state index is 12.8. The molecule has 37 heavy (non-hydrogen) atoms. The Labute approximate surface area is 230 Å². The average Bonchev–Trinajstić information content (AvgIpc) is 2.87. The van der Waals surface area contributed by atoms with E-state index in [0.29, 0.717) is 46.5 Å². The Hall–Kier alpha value is -3.01. The Bertz CT molecular complexity index is 1250. The molecule has 0 saturated carbocycles. The number of thioether (sulfide) groups is 1. The van der Waals surface area contributed by atoms with Crippen LogP contribution in [0.4, 0.5) is 16.3 Å². The van der Waals surface area contributed by atoms with E-state index in [9.17, 15) is 9.59 Å². The molecule has 3 aromatic rings. The van der Waals surface area contributed by atoms with Crippen LogP contribution in [0.1, 0.15) is 25.5 Å². The minimum Gasteiger partial charge on any atom is -0.353 e. The first-order chi connectivity index (χ1) is 17.8. The number of aromatic nitrogens is 2. The van der Waals surface area contributed by atoms with Crippen LogP contribution >= 0.6 is 35.0 Å². The van der Waals surface area contributed by atoms with Crippen molar-refractivity contribution in [1.29, 1.82) is 0 Å². The number of anilines is 2. The Balaban J connectivity index is 1.33. The summed E-state index contributed by atoms with van der Waals surface area (Å²) in [7, 11) is 0. The Morgan fingerprint density at radius 1 is 1.08 bits per heavy atom. The third kappa shape index (κ3) is 7.50. The molecule has 1 aliphatic heterocycles. The molecular weight excluding hydrogens is 531 g/mol. The second-order valence-corrected chi connectivity index (χ2v) is 10.5. The predicted molar refractivity (Wildman–Crippen MR) is 150 cm³/mol. The number of nitrogens with zero attached hydrogens (tertiary/aromatic N) is 4. The third-order valence-electron chi connectivity index (χ3n) is 5.96. The van der Waals surface area contributed by atoms with Crippen molar-refractivity contribution in [3.63, 3.8) is 0 Å². The Morgan fingerprint density at radius 2 is 1.86 bits per heavy atom. The first-order valence-corrected chi connectivity index (χ1v) is 13.6. The van der Waals surface area contributed by atoms with E-state index in [2.05, 4.69) is 25.5 Å². The quantitative estimate of drug-likeness (QED) is 0.226. The molecular formula is C26H28Cl2N6O2S. The van der Waals surface area contributed by atoms with Gasteiger partial charge in [-0.15, -0.1) is 0 Å². The van der Waals surface area contributed by atoms with Crippen LogP contribution in [-0.2, 0) is 4.79 Å². The van der Waals surface area contributed by atoms with E-state index in [1.807, 2.05) is 44.2 Å². The lowest BCUT2D eigenvalue weighted by Crippen LogP contribution is -2.55. The summed E-state index contributed by atoms with van der Waals surface area (Å²) in [6.45, 7) is 5.61. The molecule has 1 aliphatic rings. The molecule has 2 N–H and O–H groups in total. The van der Waals surface area contributed by atoms with Crippen LogP contribution in [0.2, 0.25) is 10.2 Å². The summed E-state index contributed by atoms with van der Waals surface area (Å²) < 4.78 is 0. The predicted octanol–water partition coefficient (Wildman–Crippen LogP) is 5.50. The molecule has 0 radical (unpaired) electrons. The second kappa shape index (κ2) is 12.5. The summed E-state index contributed by atoms with van der Waals surface area (Å²) in [6.07, 6.45) is 0. The average molecular weight is 560 g/mol. The maximum absolute atomic E-state index is 12.8. The van der Waals surface area contributed by atoms with E-state index >= 15 is 0 Å². The van der Waals surface area contributed by atoms with E-state index < -0.39 is 0 Å². The largest absolute Gasteiger partial charge is 0.353 e. The van der Waals surface area contributed by atoms with E-state index in [1.165, 1.54) is 11.8 Å². The molecule has 0 spiro atoms. The van der Waals surface area contributed by atoms with E-state index in [4.69, 9.17) is 23.2 Å². The van der Waals surface area contributed by atoms with Gasteiger partial charge in [0, 0.05) is 42.5 Å². The van der Waals surface area contributed by atoms with Crippen LogP contribution in [0.15, 0.2) is 65.8 Å². The van der Waals surface area contributed by atoms with Gasteiger partial charge in [-0.3, -0.25) is 4.79 Å². The van der Waals surface area contributed by atoms with Crippen molar-refractivity contribution in [3.8, 4) is 0 Å². The van der Waals surface area contributed by atoms with Crippen molar-refractivity contribution in [2.45, 2.75) is 31.1 Å². The molecule has 0 aliphatic carbocycles. The normalized spacial score (nSPS) is 16.3. The lowest BCUT2D eigenvalue weighted by atomic mass is 10.1. The molecule has 2 aromatic carbocycles. The zero-order chi connectivity index (χ0) is 26.4. The van der Waals surface area contributed by atoms with Crippen molar-refractivity contribution in [2.24, 2.45) is 0 Å². The van der Waals surface area contributed by atoms with Gasteiger partial charge in [0.1, 0.15) is 11.0 Å². The summed E-state index contributed by atoms with van der Waals surface area (Å²) in [5.41, 5.74) is 1.69. The molecule has 194 valence electrons. The number of halogens is 2. The first kappa shape index (κ1) is 27.0. The molecule has 11 heteroatoms. The van der Waals surface area contributed by atoms with Gasteiger partial charge in [0.2, 0.25) is 5.91 Å². The van der Waals surface area contributed by atoms with Crippen molar-refractivity contribution >= 4 is 58.4 Å². The number of carbonyl (C=O) groups excluding carboxylic acids is 2. The molecule has 1 fully saturated rings. The van der Waals surface area contributed by atoms with Crippen molar-refractivity contribution in [1.82, 2.24) is 20.2 Å². The molecule has 2 heterocycles. The van der Waals surface area contributed by atoms with Gasteiger partial charge < -0.3 is 20.4 Å². The Morgan fingerprint density at radius 3 is 2.59 bits per heavy atom. The number of urea groups is 1. The van der Waals surface area contributed by atoms with Crippen LogP contribution < -0.4 is 15.5 Å². The number of rotatable bonds is 7. The van der Waals surface area contributed by atoms with Crippen LogP contribution in [-0.4, -0.2) is 58.2 Å². The molecule has 1 aromatic heterocycles. The topological polar surface area (TPSA) is 90.5 Å². The zero-order valence-corrected chi connectivity index (χ0v) is 22.9. The Kier molecular flexibility index (Phi) is 9.13. The number of nitrogens with one attached hydrogen (secondary N) is 2.